The van der Waals surface area contributed by atoms with Gasteiger partial charge >= 0.3 is 0 Å². The van der Waals surface area contributed by atoms with E-state index in [0.717, 1.165) is 189 Å². The molecule has 0 aliphatic carbocycles. The van der Waals surface area contributed by atoms with Crippen LogP contribution in [0.15, 0.2) is 291 Å². The quantitative estimate of drug-likeness (QED) is 0.0334. The van der Waals surface area contributed by atoms with Gasteiger partial charge in [-0.15, -0.1) is 0 Å². The highest BCUT2D eigenvalue weighted by atomic mass is 16.7. The van der Waals surface area contributed by atoms with E-state index in [2.05, 4.69) is 237 Å². The third-order valence-electron chi connectivity index (χ3n) is 24.6. The fourth-order valence-electron chi connectivity index (χ4n) is 18.1. The minimum absolute atomic E-state index is 0.151. The number of benzene rings is 16. The van der Waals surface area contributed by atoms with Gasteiger partial charge in [-0.05, 0) is 247 Å². The Morgan fingerprint density at radius 3 is 0.652 bits per heavy atom. The second-order valence-corrected chi connectivity index (χ2v) is 33.4. The molecule has 0 N–H and O–H groups in total. The Labute approximate surface area is 769 Å². The predicted molar refractivity (Wildman–Crippen MR) is 517 cm³/mol. The van der Waals surface area contributed by atoms with E-state index in [9.17, 15) is 0 Å². The van der Waals surface area contributed by atoms with E-state index in [4.69, 9.17) is 85.3 Å². The minimum atomic E-state index is -0.209. The van der Waals surface area contributed by atoms with E-state index in [1.807, 2.05) is 54.6 Å². The first-order chi connectivity index (χ1) is 65.3. The molecule has 132 heavy (non-hydrogen) atoms. The molecule has 0 saturated carbocycles. The Bertz CT molecular complexity index is 6040. The van der Waals surface area contributed by atoms with E-state index in [1.165, 1.54) is 0 Å². The lowest BCUT2D eigenvalue weighted by Gasteiger charge is -2.23. The molecule has 0 amide bonds. The van der Waals surface area contributed by atoms with Gasteiger partial charge in [-0.1, -0.05) is 200 Å². The van der Waals surface area contributed by atoms with Gasteiger partial charge in [-0.2, -0.15) is 0 Å². The topological polar surface area (TPSA) is 166 Å². The van der Waals surface area contributed by atoms with Crippen molar-refractivity contribution in [2.75, 3.05) is 80.8 Å². The highest BCUT2D eigenvalue weighted by Gasteiger charge is 2.27. The van der Waals surface area contributed by atoms with Crippen molar-refractivity contribution >= 4 is 64.6 Å². The molecule has 3 heterocycles. The maximum absolute atomic E-state index is 7.41. The molecule has 16 aromatic carbocycles. The smallest absolute Gasteiger partial charge is 0.161 e. The van der Waals surface area contributed by atoms with Gasteiger partial charge in [0, 0.05) is 53.2 Å². The monoisotopic (exact) mass is 1760 g/mol. The number of hydrogen-bond acceptors (Lipinski definition) is 18. The molecule has 672 valence electrons. The molecule has 3 aliphatic rings. The molecular weight excluding hydrogens is 1660 g/mol. The van der Waals surface area contributed by atoms with Gasteiger partial charge in [-0.25, -0.2) is 0 Å². The van der Waals surface area contributed by atoms with Crippen LogP contribution in [-0.2, 0) is 68.1 Å². The highest BCUT2D eigenvalue weighted by molar-refractivity contribution is 6.13. The second-order valence-electron chi connectivity index (χ2n) is 33.4. The van der Waals surface area contributed by atoms with Crippen molar-refractivity contribution in [2.24, 2.45) is 0 Å². The maximum atomic E-state index is 7.41. The summed E-state index contributed by atoms with van der Waals surface area (Å²) < 4.78 is 116. The van der Waals surface area contributed by atoms with Crippen LogP contribution >= 0.6 is 0 Å². The average molecular weight is 1770 g/mol. The summed E-state index contributed by atoms with van der Waals surface area (Å²) in [5.41, 5.74) is 10.9. The molecule has 18 nitrogen and oxygen atoms in total. The summed E-state index contributed by atoms with van der Waals surface area (Å²) in [6.45, 7) is 5.16. The van der Waals surface area contributed by atoms with Crippen molar-refractivity contribution in [2.45, 2.75) is 116 Å². The lowest BCUT2D eigenvalue weighted by molar-refractivity contribution is -0.169. The zero-order valence-electron chi connectivity index (χ0n) is 74.8. The zero-order chi connectivity index (χ0) is 89.2. The van der Waals surface area contributed by atoms with E-state index in [0.29, 0.717) is 109 Å². The third-order valence-corrected chi connectivity index (χ3v) is 24.6. The van der Waals surface area contributed by atoms with Gasteiger partial charge in [0.05, 0.1) is 41.2 Å². The van der Waals surface area contributed by atoms with Crippen LogP contribution in [0.4, 0.5) is 0 Å². The first-order valence-corrected chi connectivity index (χ1v) is 45.9. The van der Waals surface area contributed by atoms with Gasteiger partial charge < -0.3 is 85.3 Å². The normalized spacial score (nSPS) is 15.2. The molecule has 3 atom stereocenters. The van der Waals surface area contributed by atoms with Crippen molar-refractivity contribution in [1.82, 2.24) is 0 Å². The third kappa shape index (κ3) is 20.6. The number of ether oxygens (including phenoxy) is 18. The standard InChI is InChI=1S/C114H108O18/c1-115-103-67-76(70-130-106-34-16-19-55-124-106)37-46-94(103)118-58-61-121-97-49-40-82-22-4-10-28-88(82)109(97)112-91-31-13-7-25-85(91)43-52-100(112)127-73-79-64-80(74-128-101-53-44-86-26-8-14-32-92(86)113(101)110-89-29-11-5-23-83(89)41-50-98(110)122-62-59-119-95-47-38-77(68-104(95)116-2)71-131-107-35-17-20-56-125-107)66-81(65-79)75-129-102-54-45-87-27-9-15-33-93(87)114(102)111-90-30-12-6-24-84(90)42-51-99(111)123-63-60-120-96-48-39-78(69-105(96)117-3)72-132-108-36-18-21-57-126-108/h4-15,22-33,37-54,64-69,106-108H,16-21,34-36,55-63,70-75H2,1-3H3. The largest absolute Gasteiger partial charge is 0.493 e. The molecule has 0 radical (unpaired) electrons. The predicted octanol–water partition coefficient (Wildman–Crippen LogP) is 25.9. The van der Waals surface area contributed by atoms with Crippen LogP contribution in [-0.4, -0.2) is 99.7 Å². The van der Waals surface area contributed by atoms with Gasteiger partial charge in [0.15, 0.2) is 53.4 Å². The van der Waals surface area contributed by atoms with Crippen LogP contribution in [0.3, 0.4) is 0 Å². The van der Waals surface area contributed by atoms with E-state index in [-0.39, 0.29) is 78.3 Å². The van der Waals surface area contributed by atoms with Crippen LogP contribution in [0.1, 0.15) is 91.2 Å². The Morgan fingerprint density at radius 1 is 0.205 bits per heavy atom. The zero-order valence-corrected chi connectivity index (χ0v) is 74.8. The van der Waals surface area contributed by atoms with Crippen LogP contribution in [0, 0.1) is 0 Å². The van der Waals surface area contributed by atoms with Gasteiger partial charge in [0.1, 0.15) is 94.0 Å². The van der Waals surface area contributed by atoms with Gasteiger partial charge in [0.25, 0.3) is 0 Å². The number of methoxy groups -OCH3 is 3. The molecule has 16 aromatic rings. The fraction of sp³-hybridized carbons (Fsp3) is 0.263. The highest BCUT2D eigenvalue weighted by Crippen LogP contribution is 2.51. The summed E-state index contributed by atoms with van der Waals surface area (Å²) in [6, 6.07) is 99.8. The van der Waals surface area contributed by atoms with E-state index < -0.39 is 0 Å². The number of hydrogen-bond donors (Lipinski definition) is 0. The fourth-order valence-corrected chi connectivity index (χ4v) is 18.1. The first-order valence-electron chi connectivity index (χ1n) is 45.9. The molecular formula is C114H108O18. The molecule has 0 spiro atoms. The Hall–Kier alpha value is -13.6. The summed E-state index contributed by atoms with van der Waals surface area (Å²) in [4.78, 5) is 0. The summed E-state index contributed by atoms with van der Waals surface area (Å²) >= 11 is 0. The SMILES string of the molecule is COc1cc(COC2CCCCO2)ccc1OCCOc1ccc2ccccc2c1-c1c(OCc2cc(COc3ccc4ccccc4c3-c3c(OCCOc4ccc(COC5CCCCO5)cc4OC)ccc4ccccc34)cc(COc3ccc4ccccc4c3-c3c(OCCOc4ccc(COC5CCCCO5)cc4OC)ccc4ccccc34)c2)ccc2ccccc12. The van der Waals surface area contributed by atoms with Crippen molar-refractivity contribution < 1.29 is 85.3 Å². The summed E-state index contributed by atoms with van der Waals surface area (Å²) in [5, 5.41) is 12.2. The average Bonchev–Trinajstić information content (AvgIpc) is 0.759. The van der Waals surface area contributed by atoms with Gasteiger partial charge in [-0.3, -0.25) is 0 Å². The molecule has 0 aromatic heterocycles. The van der Waals surface area contributed by atoms with E-state index >= 15 is 0 Å². The Balaban J connectivity index is 0.646. The van der Waals surface area contributed by atoms with Crippen molar-refractivity contribution in [1.29, 1.82) is 0 Å². The molecule has 3 unspecified atom stereocenters. The van der Waals surface area contributed by atoms with Crippen molar-refractivity contribution in [3.05, 3.63) is 325 Å². The molecule has 19 rings (SSSR count). The molecule has 3 fully saturated rings. The minimum Gasteiger partial charge on any atom is -0.493 e. The molecule has 18 heteroatoms. The van der Waals surface area contributed by atoms with Crippen molar-refractivity contribution in [3.63, 3.8) is 0 Å². The van der Waals surface area contributed by atoms with Crippen LogP contribution in [0.25, 0.3) is 98.0 Å². The summed E-state index contributed by atoms with van der Waals surface area (Å²) in [7, 11) is 4.95. The first kappa shape index (κ1) is 87.7. The van der Waals surface area contributed by atoms with E-state index in [1.54, 1.807) is 21.3 Å². The Morgan fingerprint density at radius 2 is 0.424 bits per heavy atom. The van der Waals surface area contributed by atoms with Crippen LogP contribution < -0.4 is 56.8 Å². The number of fused-ring (bicyclic) bond motifs is 6. The second kappa shape index (κ2) is 42.6. The maximum Gasteiger partial charge on any atom is 0.161 e. The number of rotatable bonds is 39. The molecule has 3 saturated heterocycles. The summed E-state index contributed by atoms with van der Waals surface area (Å²) in [5.74, 6) is 7.62. The van der Waals surface area contributed by atoms with Crippen LogP contribution in [0.2, 0.25) is 0 Å². The molecule has 3 aliphatic heterocycles. The van der Waals surface area contributed by atoms with Crippen LogP contribution in [0.5, 0.6) is 69.0 Å². The van der Waals surface area contributed by atoms with Gasteiger partial charge in [0.2, 0.25) is 0 Å². The lowest BCUT2D eigenvalue weighted by Crippen LogP contribution is -2.22. The van der Waals surface area contributed by atoms with Crippen molar-refractivity contribution in [3.8, 4) is 102 Å². The Kier molecular flexibility index (Phi) is 28.3. The summed E-state index contributed by atoms with van der Waals surface area (Å²) in [6.07, 6.45) is 8.45. The lowest BCUT2D eigenvalue weighted by atomic mass is 9.92. The molecule has 0 bridgehead atoms.